The largest absolute Gasteiger partial charge is 0.273 e. The van der Waals surface area contributed by atoms with E-state index in [0.717, 1.165) is 36.0 Å². The molecule has 0 radical (unpaired) electrons. The van der Waals surface area contributed by atoms with Crippen LogP contribution in [0.1, 0.15) is 24.0 Å². The molecular weight excluding hydrogens is 178 g/mol. The van der Waals surface area contributed by atoms with Crippen LogP contribution in [0.3, 0.4) is 0 Å². The van der Waals surface area contributed by atoms with Gasteiger partial charge in [-0.2, -0.15) is 0 Å². The Balaban J connectivity index is 2.60. The highest BCUT2D eigenvalue weighted by atomic mass is 16.6. The van der Waals surface area contributed by atoms with E-state index in [1.165, 1.54) is 0 Å². The van der Waals surface area contributed by atoms with E-state index < -0.39 is 0 Å². The van der Waals surface area contributed by atoms with Crippen molar-refractivity contribution < 1.29 is 4.92 Å². The summed E-state index contributed by atoms with van der Waals surface area (Å²) in [7, 11) is 0. The van der Waals surface area contributed by atoms with Crippen molar-refractivity contribution in [3.63, 3.8) is 0 Å². The molecule has 14 heavy (non-hydrogen) atoms. The second-order valence-electron chi connectivity index (χ2n) is 3.52. The normalized spacial score (nSPS) is 15.0. The Morgan fingerprint density at radius 1 is 1.36 bits per heavy atom. The molecule has 0 aromatic heterocycles. The molecule has 0 atom stereocenters. The van der Waals surface area contributed by atoms with Gasteiger partial charge in [-0.1, -0.05) is 18.7 Å². The number of rotatable bonds is 1. The van der Waals surface area contributed by atoms with E-state index in [2.05, 4.69) is 6.58 Å². The van der Waals surface area contributed by atoms with Crippen molar-refractivity contribution in [2.45, 2.75) is 19.3 Å². The molecule has 0 fully saturated rings. The summed E-state index contributed by atoms with van der Waals surface area (Å²) >= 11 is 0. The molecule has 72 valence electrons. The molecule has 0 N–H and O–H groups in total. The van der Waals surface area contributed by atoms with E-state index in [4.69, 9.17) is 0 Å². The zero-order chi connectivity index (χ0) is 10.1. The number of hydrogen-bond acceptors (Lipinski definition) is 2. The van der Waals surface area contributed by atoms with Crippen molar-refractivity contribution in [2.24, 2.45) is 0 Å². The molecule has 0 amide bonds. The summed E-state index contributed by atoms with van der Waals surface area (Å²) in [6, 6.07) is 5.22. The van der Waals surface area contributed by atoms with Crippen molar-refractivity contribution in [2.75, 3.05) is 0 Å². The van der Waals surface area contributed by atoms with Crippen molar-refractivity contribution in [1.82, 2.24) is 0 Å². The third-order valence-electron chi connectivity index (χ3n) is 2.63. The van der Waals surface area contributed by atoms with Gasteiger partial charge >= 0.3 is 0 Å². The van der Waals surface area contributed by atoms with Crippen LogP contribution in [-0.4, -0.2) is 4.92 Å². The van der Waals surface area contributed by atoms with Gasteiger partial charge < -0.3 is 0 Å². The van der Waals surface area contributed by atoms with Crippen LogP contribution in [0.4, 0.5) is 5.69 Å². The predicted octanol–water partition coefficient (Wildman–Crippen LogP) is 2.94. The molecular formula is C11H11NO2. The third kappa shape index (κ3) is 1.31. The van der Waals surface area contributed by atoms with Gasteiger partial charge in [0.15, 0.2) is 0 Å². The number of fused-ring (bicyclic) bond motifs is 1. The van der Waals surface area contributed by atoms with Crippen molar-refractivity contribution in [3.05, 3.63) is 46.0 Å². The number of nitro groups is 1. The van der Waals surface area contributed by atoms with Crippen molar-refractivity contribution in [1.29, 1.82) is 0 Å². The van der Waals surface area contributed by atoms with Gasteiger partial charge in [-0.25, -0.2) is 0 Å². The second-order valence-corrected chi connectivity index (χ2v) is 3.52. The average molecular weight is 189 g/mol. The predicted molar refractivity (Wildman–Crippen MR) is 55.1 cm³/mol. The zero-order valence-electron chi connectivity index (χ0n) is 7.82. The van der Waals surface area contributed by atoms with E-state index in [0.29, 0.717) is 0 Å². The van der Waals surface area contributed by atoms with Gasteiger partial charge in [-0.05, 0) is 30.4 Å². The number of benzene rings is 1. The molecule has 0 saturated heterocycles. The zero-order valence-corrected chi connectivity index (χ0v) is 7.82. The molecule has 0 saturated carbocycles. The van der Waals surface area contributed by atoms with E-state index in [1.54, 1.807) is 12.1 Å². The number of nitro benzene ring substituents is 1. The van der Waals surface area contributed by atoms with Crippen molar-refractivity contribution >= 4 is 11.3 Å². The van der Waals surface area contributed by atoms with Crippen LogP contribution in [0.2, 0.25) is 0 Å². The fourth-order valence-corrected chi connectivity index (χ4v) is 1.95. The third-order valence-corrected chi connectivity index (χ3v) is 2.63. The molecule has 1 aromatic rings. The van der Waals surface area contributed by atoms with Crippen LogP contribution < -0.4 is 0 Å². The van der Waals surface area contributed by atoms with Gasteiger partial charge in [0.2, 0.25) is 0 Å². The lowest BCUT2D eigenvalue weighted by Gasteiger charge is -2.17. The first-order valence-electron chi connectivity index (χ1n) is 4.64. The number of allylic oxidation sites excluding steroid dienone is 1. The van der Waals surface area contributed by atoms with Crippen molar-refractivity contribution in [3.8, 4) is 0 Å². The summed E-state index contributed by atoms with van der Waals surface area (Å²) in [5.41, 5.74) is 3.09. The van der Waals surface area contributed by atoms with Gasteiger partial charge in [0.05, 0.1) is 4.92 Å². The molecule has 0 unspecified atom stereocenters. The standard InChI is InChI=1S/C11H11NO2/c1-8-4-2-6-10-9(8)5-3-7-11(10)12(13)14/h3,5,7H,1-2,4,6H2. The highest BCUT2D eigenvalue weighted by molar-refractivity contribution is 5.71. The minimum Gasteiger partial charge on any atom is -0.258 e. The smallest absolute Gasteiger partial charge is 0.258 e. The van der Waals surface area contributed by atoms with Gasteiger partial charge in [-0.15, -0.1) is 0 Å². The maximum absolute atomic E-state index is 10.8. The molecule has 0 spiro atoms. The van der Waals surface area contributed by atoms with E-state index in [1.807, 2.05) is 6.07 Å². The molecule has 1 aliphatic rings. The fraction of sp³-hybridized carbons (Fsp3) is 0.273. The van der Waals surface area contributed by atoms with Crippen LogP contribution >= 0.6 is 0 Å². The monoisotopic (exact) mass is 189 g/mol. The minimum absolute atomic E-state index is 0.239. The maximum Gasteiger partial charge on any atom is 0.273 e. The van der Waals surface area contributed by atoms with Gasteiger partial charge in [0, 0.05) is 11.6 Å². The van der Waals surface area contributed by atoms with Crippen LogP contribution in [0, 0.1) is 10.1 Å². The molecule has 0 heterocycles. The Kier molecular flexibility index (Phi) is 2.08. The Labute approximate surface area is 82.2 Å². The van der Waals surface area contributed by atoms with E-state index in [9.17, 15) is 10.1 Å². The van der Waals surface area contributed by atoms with Gasteiger partial charge in [-0.3, -0.25) is 10.1 Å². The quantitative estimate of drug-likeness (QED) is 0.503. The van der Waals surface area contributed by atoms with Crippen LogP contribution in [0.5, 0.6) is 0 Å². The number of nitrogens with zero attached hydrogens (tertiary/aromatic N) is 1. The Morgan fingerprint density at radius 3 is 2.86 bits per heavy atom. The highest BCUT2D eigenvalue weighted by Gasteiger charge is 2.21. The Morgan fingerprint density at radius 2 is 2.14 bits per heavy atom. The average Bonchev–Trinajstić information content (AvgIpc) is 2.17. The lowest BCUT2D eigenvalue weighted by Crippen LogP contribution is -2.04. The minimum atomic E-state index is -0.308. The van der Waals surface area contributed by atoms with E-state index >= 15 is 0 Å². The molecule has 0 bridgehead atoms. The van der Waals surface area contributed by atoms with Crippen LogP contribution in [0.25, 0.3) is 5.57 Å². The highest BCUT2D eigenvalue weighted by Crippen LogP contribution is 2.34. The van der Waals surface area contributed by atoms with E-state index in [-0.39, 0.29) is 10.6 Å². The SMILES string of the molecule is C=C1CCCc2c1cccc2[N+](=O)[O-]. The Bertz CT molecular complexity index is 395. The summed E-state index contributed by atoms with van der Waals surface area (Å²) in [6.45, 7) is 3.93. The first-order chi connectivity index (χ1) is 6.70. The molecule has 3 nitrogen and oxygen atoms in total. The summed E-state index contributed by atoms with van der Waals surface area (Å²) in [5, 5.41) is 10.8. The lowest BCUT2D eigenvalue weighted by atomic mass is 9.87. The van der Waals surface area contributed by atoms with Gasteiger partial charge in [0.1, 0.15) is 0 Å². The molecule has 1 aliphatic carbocycles. The first-order valence-corrected chi connectivity index (χ1v) is 4.64. The molecule has 3 heteroatoms. The summed E-state index contributed by atoms with van der Waals surface area (Å²) in [5.74, 6) is 0. The Hall–Kier alpha value is -1.64. The lowest BCUT2D eigenvalue weighted by molar-refractivity contribution is -0.385. The van der Waals surface area contributed by atoms with Gasteiger partial charge in [0.25, 0.3) is 5.69 Å². The van der Waals surface area contributed by atoms with Crippen LogP contribution in [-0.2, 0) is 6.42 Å². The first kappa shape index (κ1) is 8.94. The number of hydrogen-bond donors (Lipinski definition) is 0. The fourth-order valence-electron chi connectivity index (χ4n) is 1.95. The van der Waals surface area contributed by atoms with Crippen LogP contribution in [0.15, 0.2) is 24.8 Å². The summed E-state index contributed by atoms with van der Waals surface area (Å²) in [4.78, 5) is 10.4. The summed E-state index contributed by atoms with van der Waals surface area (Å²) in [6.07, 6.45) is 2.72. The molecule has 1 aromatic carbocycles. The second kappa shape index (κ2) is 3.25. The molecule has 0 aliphatic heterocycles. The topological polar surface area (TPSA) is 43.1 Å². The molecule has 2 rings (SSSR count). The summed E-state index contributed by atoms with van der Waals surface area (Å²) < 4.78 is 0. The maximum atomic E-state index is 10.8.